The lowest BCUT2D eigenvalue weighted by Gasteiger charge is -2.07. The summed E-state index contributed by atoms with van der Waals surface area (Å²) >= 11 is 0. The first-order valence-corrected chi connectivity index (χ1v) is 5.78. The van der Waals surface area contributed by atoms with Crippen LogP contribution in [0, 0.1) is 6.92 Å². The fourth-order valence-electron chi connectivity index (χ4n) is 1.60. The molecule has 0 heterocycles. The van der Waals surface area contributed by atoms with Crippen LogP contribution in [0.25, 0.3) is 0 Å². The third kappa shape index (κ3) is 3.63. The number of rotatable bonds is 3. The van der Waals surface area contributed by atoms with E-state index in [1.54, 1.807) is 0 Å². The average molecular weight is 241 g/mol. The van der Waals surface area contributed by atoms with Crippen LogP contribution in [0.1, 0.15) is 11.1 Å². The van der Waals surface area contributed by atoms with E-state index in [1.165, 1.54) is 0 Å². The van der Waals surface area contributed by atoms with Crippen LogP contribution < -0.4 is 5.32 Å². The van der Waals surface area contributed by atoms with E-state index in [2.05, 4.69) is 5.32 Å². The van der Waals surface area contributed by atoms with Crippen molar-refractivity contribution >= 4 is 11.8 Å². The van der Waals surface area contributed by atoms with Crippen LogP contribution in [0.4, 0.5) is 10.5 Å². The Kier molecular flexibility index (Phi) is 3.97. The number of amides is 1. The van der Waals surface area contributed by atoms with Gasteiger partial charge in [0.05, 0.1) is 0 Å². The van der Waals surface area contributed by atoms with Crippen LogP contribution in [0.15, 0.2) is 54.6 Å². The van der Waals surface area contributed by atoms with Gasteiger partial charge in [0.1, 0.15) is 6.61 Å². The van der Waals surface area contributed by atoms with Crippen molar-refractivity contribution in [1.82, 2.24) is 0 Å². The van der Waals surface area contributed by atoms with Gasteiger partial charge in [0, 0.05) is 5.69 Å². The first kappa shape index (κ1) is 12.2. The van der Waals surface area contributed by atoms with E-state index in [4.69, 9.17) is 4.74 Å². The Balaban J connectivity index is 1.86. The third-order valence-electron chi connectivity index (χ3n) is 2.48. The molecule has 0 fully saturated rings. The Morgan fingerprint density at radius 3 is 2.61 bits per heavy atom. The summed E-state index contributed by atoms with van der Waals surface area (Å²) in [6.07, 6.45) is -0.440. The van der Waals surface area contributed by atoms with Crippen molar-refractivity contribution in [2.24, 2.45) is 0 Å². The molecule has 0 aromatic heterocycles. The molecule has 0 spiro atoms. The number of hydrogen-bond donors (Lipinski definition) is 1. The van der Waals surface area contributed by atoms with Gasteiger partial charge in [0.2, 0.25) is 0 Å². The lowest BCUT2D eigenvalue weighted by atomic mass is 10.2. The minimum absolute atomic E-state index is 0.276. The molecule has 0 aliphatic rings. The minimum Gasteiger partial charge on any atom is -0.444 e. The smallest absolute Gasteiger partial charge is 0.411 e. The van der Waals surface area contributed by atoms with Crippen molar-refractivity contribution in [3.8, 4) is 0 Å². The summed E-state index contributed by atoms with van der Waals surface area (Å²) < 4.78 is 5.12. The van der Waals surface area contributed by atoms with Gasteiger partial charge in [-0.25, -0.2) is 4.79 Å². The van der Waals surface area contributed by atoms with Crippen LogP contribution in [-0.2, 0) is 11.3 Å². The molecule has 18 heavy (non-hydrogen) atoms. The van der Waals surface area contributed by atoms with Gasteiger partial charge >= 0.3 is 6.09 Å². The highest BCUT2D eigenvalue weighted by molar-refractivity contribution is 5.84. The van der Waals surface area contributed by atoms with Gasteiger partial charge in [-0.3, -0.25) is 5.32 Å². The molecular formula is C15H15NO2. The molecule has 1 amide bonds. The molecule has 3 heteroatoms. The van der Waals surface area contributed by atoms with Crippen molar-refractivity contribution < 1.29 is 9.53 Å². The lowest BCUT2D eigenvalue weighted by Crippen LogP contribution is -2.13. The summed E-state index contributed by atoms with van der Waals surface area (Å²) in [7, 11) is 0. The summed E-state index contributed by atoms with van der Waals surface area (Å²) in [5.74, 6) is 0. The van der Waals surface area contributed by atoms with Crippen LogP contribution in [0.2, 0.25) is 0 Å². The summed E-state index contributed by atoms with van der Waals surface area (Å²) in [6.45, 7) is 2.25. The monoisotopic (exact) mass is 241 g/mol. The zero-order valence-electron chi connectivity index (χ0n) is 10.2. The minimum atomic E-state index is -0.440. The Morgan fingerprint density at radius 1 is 1.11 bits per heavy atom. The Morgan fingerprint density at radius 2 is 1.89 bits per heavy atom. The summed E-state index contributed by atoms with van der Waals surface area (Å²) in [5.41, 5.74) is 2.81. The largest absolute Gasteiger partial charge is 0.444 e. The van der Waals surface area contributed by atoms with Gasteiger partial charge in [-0.15, -0.1) is 0 Å². The maximum Gasteiger partial charge on any atom is 0.411 e. The van der Waals surface area contributed by atoms with Gasteiger partial charge in [0.15, 0.2) is 0 Å². The van der Waals surface area contributed by atoms with Crippen molar-refractivity contribution in [3.63, 3.8) is 0 Å². The SMILES string of the molecule is Cc1cccc(NC(=O)OCc2ccccc2)c1. The van der Waals surface area contributed by atoms with Gasteiger partial charge in [-0.1, -0.05) is 42.5 Å². The highest BCUT2D eigenvalue weighted by Crippen LogP contribution is 2.10. The van der Waals surface area contributed by atoms with E-state index in [9.17, 15) is 4.79 Å². The molecule has 0 bridgehead atoms. The number of carbonyl (C=O) groups excluding carboxylic acids is 1. The number of carbonyl (C=O) groups is 1. The quantitative estimate of drug-likeness (QED) is 0.888. The number of benzene rings is 2. The highest BCUT2D eigenvalue weighted by Gasteiger charge is 2.03. The molecule has 92 valence electrons. The Hall–Kier alpha value is -2.29. The second-order valence-electron chi connectivity index (χ2n) is 4.06. The first-order valence-electron chi connectivity index (χ1n) is 5.78. The topological polar surface area (TPSA) is 38.3 Å². The second-order valence-corrected chi connectivity index (χ2v) is 4.06. The van der Waals surface area contributed by atoms with Gasteiger partial charge in [0.25, 0.3) is 0 Å². The summed E-state index contributed by atoms with van der Waals surface area (Å²) in [5, 5.41) is 2.69. The standard InChI is InChI=1S/C15H15NO2/c1-12-6-5-9-14(10-12)16-15(17)18-11-13-7-3-2-4-8-13/h2-10H,11H2,1H3,(H,16,17). The van der Waals surface area contributed by atoms with E-state index in [0.717, 1.165) is 16.8 Å². The van der Waals surface area contributed by atoms with Crippen LogP contribution in [-0.4, -0.2) is 6.09 Å². The highest BCUT2D eigenvalue weighted by atomic mass is 16.5. The number of aryl methyl sites for hydroxylation is 1. The average Bonchev–Trinajstić information content (AvgIpc) is 2.38. The van der Waals surface area contributed by atoms with Crippen molar-refractivity contribution in [3.05, 3.63) is 65.7 Å². The normalized spacial score (nSPS) is 9.83. The molecule has 0 radical (unpaired) electrons. The molecule has 0 unspecified atom stereocenters. The molecule has 1 N–H and O–H groups in total. The first-order chi connectivity index (χ1) is 8.74. The molecule has 2 aromatic rings. The Bertz CT molecular complexity index is 523. The number of anilines is 1. The molecule has 0 atom stereocenters. The predicted molar refractivity (Wildman–Crippen MR) is 71.4 cm³/mol. The van der Waals surface area contributed by atoms with Gasteiger partial charge in [-0.05, 0) is 30.2 Å². The number of ether oxygens (including phenoxy) is 1. The van der Waals surface area contributed by atoms with E-state index in [1.807, 2.05) is 61.5 Å². The molecule has 2 rings (SSSR count). The van der Waals surface area contributed by atoms with Crippen molar-refractivity contribution in [2.75, 3.05) is 5.32 Å². The van der Waals surface area contributed by atoms with E-state index in [0.29, 0.717) is 0 Å². The Labute approximate surface area is 106 Å². The van der Waals surface area contributed by atoms with Crippen molar-refractivity contribution in [2.45, 2.75) is 13.5 Å². The summed E-state index contributed by atoms with van der Waals surface area (Å²) in [6, 6.07) is 17.2. The molecular weight excluding hydrogens is 226 g/mol. The number of nitrogens with one attached hydrogen (secondary N) is 1. The predicted octanol–water partition coefficient (Wildman–Crippen LogP) is 3.74. The maximum atomic E-state index is 11.6. The molecule has 0 aliphatic heterocycles. The van der Waals surface area contributed by atoms with E-state index >= 15 is 0 Å². The zero-order chi connectivity index (χ0) is 12.8. The molecule has 0 saturated heterocycles. The molecule has 2 aromatic carbocycles. The lowest BCUT2D eigenvalue weighted by molar-refractivity contribution is 0.155. The fourth-order valence-corrected chi connectivity index (χ4v) is 1.60. The zero-order valence-corrected chi connectivity index (χ0v) is 10.2. The van der Waals surface area contributed by atoms with Crippen LogP contribution in [0.3, 0.4) is 0 Å². The second kappa shape index (κ2) is 5.87. The van der Waals surface area contributed by atoms with Gasteiger partial charge < -0.3 is 4.74 Å². The molecule has 0 saturated carbocycles. The number of hydrogen-bond acceptors (Lipinski definition) is 2. The van der Waals surface area contributed by atoms with Crippen LogP contribution in [0.5, 0.6) is 0 Å². The van der Waals surface area contributed by atoms with E-state index in [-0.39, 0.29) is 6.61 Å². The molecule has 0 aliphatic carbocycles. The maximum absolute atomic E-state index is 11.6. The van der Waals surface area contributed by atoms with E-state index < -0.39 is 6.09 Å². The summed E-state index contributed by atoms with van der Waals surface area (Å²) in [4.78, 5) is 11.6. The third-order valence-corrected chi connectivity index (χ3v) is 2.48. The van der Waals surface area contributed by atoms with Crippen molar-refractivity contribution in [1.29, 1.82) is 0 Å². The fraction of sp³-hybridized carbons (Fsp3) is 0.133. The van der Waals surface area contributed by atoms with Gasteiger partial charge in [-0.2, -0.15) is 0 Å². The van der Waals surface area contributed by atoms with Crippen LogP contribution >= 0.6 is 0 Å². The molecule has 3 nitrogen and oxygen atoms in total.